The van der Waals surface area contributed by atoms with Crippen LogP contribution in [0.4, 0.5) is 0 Å². The number of carboxylic acids is 1. The van der Waals surface area contributed by atoms with Crippen molar-refractivity contribution in [3.05, 3.63) is 24.3 Å². The van der Waals surface area contributed by atoms with Crippen molar-refractivity contribution in [1.29, 1.82) is 0 Å². The monoisotopic (exact) mass is 252 g/mol. The molecule has 1 rings (SSSR count). The summed E-state index contributed by atoms with van der Waals surface area (Å²) >= 11 is 0. The Morgan fingerprint density at radius 2 is 1.94 bits per heavy atom. The number of hydrogen-bond donors (Lipinski definition) is 2. The number of para-hydroxylation sites is 2. The van der Waals surface area contributed by atoms with Gasteiger partial charge in [0.15, 0.2) is 11.5 Å². The molecular formula is C14H20O4. The summed E-state index contributed by atoms with van der Waals surface area (Å²) in [5.41, 5.74) is -0.0782. The Kier molecular flexibility index (Phi) is 4.59. The SMILES string of the molecule is CC(C)(C)CC(COc1ccccc1O)C(=O)O. The van der Waals surface area contributed by atoms with E-state index in [1.54, 1.807) is 18.2 Å². The highest BCUT2D eigenvalue weighted by Gasteiger charge is 2.25. The lowest BCUT2D eigenvalue weighted by atomic mass is 9.85. The summed E-state index contributed by atoms with van der Waals surface area (Å²) in [5, 5.41) is 18.7. The molecule has 1 aromatic carbocycles. The quantitative estimate of drug-likeness (QED) is 0.845. The molecule has 0 aliphatic heterocycles. The minimum atomic E-state index is -0.875. The first-order valence-electron chi connectivity index (χ1n) is 5.93. The molecule has 0 saturated heterocycles. The van der Waals surface area contributed by atoms with E-state index >= 15 is 0 Å². The number of carbonyl (C=O) groups is 1. The molecule has 1 aromatic rings. The van der Waals surface area contributed by atoms with Crippen molar-refractivity contribution in [2.24, 2.45) is 11.3 Å². The molecule has 0 heterocycles. The number of benzene rings is 1. The molecule has 4 nitrogen and oxygen atoms in total. The van der Waals surface area contributed by atoms with Crippen LogP contribution in [0, 0.1) is 11.3 Å². The lowest BCUT2D eigenvalue weighted by Gasteiger charge is -2.23. The highest BCUT2D eigenvalue weighted by atomic mass is 16.5. The van der Waals surface area contributed by atoms with Crippen molar-refractivity contribution in [3.8, 4) is 11.5 Å². The Bertz CT molecular complexity index is 407. The summed E-state index contributed by atoms with van der Waals surface area (Å²) in [7, 11) is 0. The van der Waals surface area contributed by atoms with Crippen LogP contribution in [0.2, 0.25) is 0 Å². The van der Waals surface area contributed by atoms with Crippen molar-refractivity contribution in [2.45, 2.75) is 27.2 Å². The van der Waals surface area contributed by atoms with Crippen LogP contribution in [0.3, 0.4) is 0 Å². The normalized spacial score (nSPS) is 13.1. The van der Waals surface area contributed by atoms with Crippen LogP contribution < -0.4 is 4.74 Å². The zero-order valence-corrected chi connectivity index (χ0v) is 11.0. The zero-order chi connectivity index (χ0) is 13.8. The van der Waals surface area contributed by atoms with Gasteiger partial charge in [-0.3, -0.25) is 4.79 Å². The van der Waals surface area contributed by atoms with Crippen molar-refractivity contribution < 1.29 is 19.7 Å². The number of phenolic OH excluding ortho intramolecular Hbond substituents is 1. The van der Waals surface area contributed by atoms with E-state index in [0.717, 1.165) is 0 Å². The summed E-state index contributed by atoms with van der Waals surface area (Å²) in [4.78, 5) is 11.1. The van der Waals surface area contributed by atoms with Gasteiger partial charge in [-0.1, -0.05) is 32.9 Å². The second-order valence-corrected chi connectivity index (χ2v) is 5.58. The van der Waals surface area contributed by atoms with Gasteiger partial charge in [-0.2, -0.15) is 0 Å². The van der Waals surface area contributed by atoms with Crippen LogP contribution in [0.1, 0.15) is 27.2 Å². The molecule has 18 heavy (non-hydrogen) atoms. The van der Waals surface area contributed by atoms with Gasteiger partial charge in [-0.05, 0) is 24.0 Å². The Labute approximate surface area is 107 Å². The first kappa shape index (κ1) is 14.4. The maximum atomic E-state index is 11.1. The average Bonchev–Trinajstić information content (AvgIpc) is 2.24. The molecule has 2 N–H and O–H groups in total. The van der Waals surface area contributed by atoms with E-state index < -0.39 is 11.9 Å². The summed E-state index contributed by atoms with van der Waals surface area (Å²) < 4.78 is 5.38. The number of hydrogen-bond acceptors (Lipinski definition) is 3. The summed E-state index contributed by atoms with van der Waals surface area (Å²) in [5.74, 6) is -1.11. The van der Waals surface area contributed by atoms with Gasteiger partial charge < -0.3 is 14.9 Å². The molecule has 0 aliphatic carbocycles. The molecular weight excluding hydrogens is 232 g/mol. The minimum Gasteiger partial charge on any atom is -0.504 e. The lowest BCUT2D eigenvalue weighted by molar-refractivity contribution is -0.143. The first-order chi connectivity index (χ1) is 8.29. The zero-order valence-electron chi connectivity index (χ0n) is 11.0. The highest BCUT2D eigenvalue weighted by molar-refractivity contribution is 5.70. The van der Waals surface area contributed by atoms with Gasteiger partial charge in [-0.15, -0.1) is 0 Å². The van der Waals surface area contributed by atoms with E-state index in [2.05, 4.69) is 0 Å². The van der Waals surface area contributed by atoms with Crippen LogP contribution in [-0.2, 0) is 4.79 Å². The third kappa shape index (κ3) is 4.65. The lowest BCUT2D eigenvalue weighted by Crippen LogP contribution is -2.26. The van der Waals surface area contributed by atoms with Crippen molar-refractivity contribution in [1.82, 2.24) is 0 Å². The van der Waals surface area contributed by atoms with E-state index in [-0.39, 0.29) is 17.8 Å². The van der Waals surface area contributed by atoms with Gasteiger partial charge in [0.05, 0.1) is 5.92 Å². The van der Waals surface area contributed by atoms with Crippen LogP contribution in [0.5, 0.6) is 11.5 Å². The molecule has 0 bridgehead atoms. The van der Waals surface area contributed by atoms with Crippen LogP contribution in [-0.4, -0.2) is 22.8 Å². The van der Waals surface area contributed by atoms with E-state index in [1.165, 1.54) is 6.07 Å². The van der Waals surface area contributed by atoms with Gasteiger partial charge >= 0.3 is 5.97 Å². The van der Waals surface area contributed by atoms with Crippen LogP contribution >= 0.6 is 0 Å². The third-order valence-corrected chi connectivity index (χ3v) is 2.51. The number of aliphatic carboxylic acids is 1. The van der Waals surface area contributed by atoms with E-state index in [4.69, 9.17) is 9.84 Å². The predicted octanol–water partition coefficient (Wildman–Crippen LogP) is 2.91. The number of rotatable bonds is 5. The van der Waals surface area contributed by atoms with Crippen molar-refractivity contribution in [2.75, 3.05) is 6.61 Å². The van der Waals surface area contributed by atoms with Gasteiger partial charge in [0.1, 0.15) is 6.61 Å². The Morgan fingerprint density at radius 3 is 2.44 bits per heavy atom. The maximum Gasteiger partial charge on any atom is 0.309 e. The van der Waals surface area contributed by atoms with Crippen molar-refractivity contribution >= 4 is 5.97 Å². The molecule has 0 radical (unpaired) electrons. The highest BCUT2D eigenvalue weighted by Crippen LogP contribution is 2.28. The molecule has 0 fully saturated rings. The standard InChI is InChI=1S/C14H20O4/c1-14(2,3)8-10(13(16)17)9-18-12-7-5-4-6-11(12)15/h4-7,10,15H,8-9H2,1-3H3,(H,16,17). The van der Waals surface area contributed by atoms with E-state index in [9.17, 15) is 9.90 Å². The smallest absolute Gasteiger partial charge is 0.309 e. The fourth-order valence-electron chi connectivity index (χ4n) is 1.73. The molecule has 1 atom stereocenters. The second-order valence-electron chi connectivity index (χ2n) is 5.58. The van der Waals surface area contributed by atoms with Crippen LogP contribution in [0.15, 0.2) is 24.3 Å². The topological polar surface area (TPSA) is 66.8 Å². The molecule has 0 spiro atoms. The number of carboxylic acid groups (broad SMARTS) is 1. The second kappa shape index (κ2) is 5.76. The Morgan fingerprint density at radius 1 is 1.33 bits per heavy atom. The molecule has 1 unspecified atom stereocenters. The van der Waals surface area contributed by atoms with Crippen molar-refractivity contribution in [3.63, 3.8) is 0 Å². The molecule has 0 saturated carbocycles. The summed E-state index contributed by atoms with van der Waals surface area (Å²) in [6.07, 6.45) is 0.524. The molecule has 0 aliphatic rings. The fourth-order valence-corrected chi connectivity index (χ4v) is 1.73. The number of ether oxygens (including phenoxy) is 1. The summed E-state index contributed by atoms with van der Waals surface area (Å²) in [6, 6.07) is 6.54. The van der Waals surface area contributed by atoms with E-state index in [1.807, 2.05) is 20.8 Å². The van der Waals surface area contributed by atoms with Gasteiger partial charge in [0.2, 0.25) is 0 Å². The molecule has 100 valence electrons. The predicted molar refractivity (Wildman–Crippen MR) is 68.8 cm³/mol. The third-order valence-electron chi connectivity index (χ3n) is 2.51. The van der Waals surface area contributed by atoms with Gasteiger partial charge in [0.25, 0.3) is 0 Å². The first-order valence-corrected chi connectivity index (χ1v) is 5.93. The Hall–Kier alpha value is -1.71. The Balaban J connectivity index is 2.64. The average molecular weight is 252 g/mol. The fraction of sp³-hybridized carbons (Fsp3) is 0.500. The molecule has 4 heteroatoms. The number of phenols is 1. The van der Waals surface area contributed by atoms with Gasteiger partial charge in [-0.25, -0.2) is 0 Å². The maximum absolute atomic E-state index is 11.1. The minimum absolute atomic E-state index is 0.0254. The largest absolute Gasteiger partial charge is 0.504 e. The van der Waals surface area contributed by atoms with Gasteiger partial charge in [0, 0.05) is 0 Å². The molecule has 0 amide bonds. The van der Waals surface area contributed by atoms with Crippen LogP contribution in [0.25, 0.3) is 0 Å². The molecule has 0 aromatic heterocycles. The van der Waals surface area contributed by atoms with E-state index in [0.29, 0.717) is 12.2 Å². The summed E-state index contributed by atoms with van der Waals surface area (Å²) in [6.45, 7) is 6.03. The number of aromatic hydroxyl groups is 1.